The summed E-state index contributed by atoms with van der Waals surface area (Å²) in [5, 5.41) is 2.73. The Morgan fingerprint density at radius 2 is 2.12 bits per heavy atom. The lowest BCUT2D eigenvalue weighted by atomic mass is 9.74. The van der Waals surface area contributed by atoms with Crippen molar-refractivity contribution in [2.75, 3.05) is 6.54 Å². The summed E-state index contributed by atoms with van der Waals surface area (Å²) in [6.07, 6.45) is 2.04. The molecule has 1 fully saturated rings. The fraction of sp³-hybridized carbons (Fsp3) is 0.429. The first-order valence-electron chi connectivity index (χ1n) is 6.02. The molecule has 3 heteroatoms. The number of carbonyl (C=O) groups excluding carboxylic acids is 2. The quantitative estimate of drug-likeness (QED) is 0.728. The maximum atomic E-state index is 12.1. The van der Waals surface area contributed by atoms with Gasteiger partial charge in [0.05, 0.1) is 12.0 Å². The second-order valence-electron chi connectivity index (χ2n) is 5.14. The number of rotatable bonds is 0. The van der Waals surface area contributed by atoms with E-state index in [4.69, 9.17) is 0 Å². The van der Waals surface area contributed by atoms with Crippen LogP contribution in [0.15, 0.2) is 18.2 Å². The lowest BCUT2D eigenvalue weighted by Gasteiger charge is -2.32. The van der Waals surface area contributed by atoms with E-state index >= 15 is 0 Å². The van der Waals surface area contributed by atoms with Gasteiger partial charge in [-0.15, -0.1) is 0 Å². The van der Waals surface area contributed by atoms with Gasteiger partial charge < -0.3 is 5.32 Å². The Kier molecular flexibility index (Phi) is 2.12. The van der Waals surface area contributed by atoms with Crippen LogP contribution in [0.1, 0.15) is 29.5 Å². The predicted octanol–water partition coefficient (Wildman–Crippen LogP) is 1.27. The van der Waals surface area contributed by atoms with Crippen molar-refractivity contribution < 1.29 is 9.59 Å². The van der Waals surface area contributed by atoms with Crippen LogP contribution < -0.4 is 5.32 Å². The summed E-state index contributed by atoms with van der Waals surface area (Å²) in [6.45, 7) is 2.25. The molecule has 1 aliphatic heterocycles. The largest absolute Gasteiger partial charge is 0.348 e. The zero-order valence-corrected chi connectivity index (χ0v) is 9.88. The molecule has 1 spiro atoms. The van der Waals surface area contributed by atoms with E-state index in [0.717, 1.165) is 18.4 Å². The topological polar surface area (TPSA) is 46.2 Å². The van der Waals surface area contributed by atoms with Gasteiger partial charge in [-0.1, -0.05) is 23.8 Å². The van der Waals surface area contributed by atoms with Crippen LogP contribution in [0.4, 0.5) is 0 Å². The minimum atomic E-state index is -0.571. The first kappa shape index (κ1) is 10.5. The maximum absolute atomic E-state index is 12.1. The molecule has 1 saturated heterocycles. The smallest absolute Gasteiger partial charge is 0.231 e. The molecule has 1 aromatic carbocycles. The minimum Gasteiger partial charge on any atom is -0.348 e. The monoisotopic (exact) mass is 229 g/mol. The van der Waals surface area contributed by atoms with Gasteiger partial charge in [0.25, 0.3) is 0 Å². The van der Waals surface area contributed by atoms with E-state index < -0.39 is 5.41 Å². The van der Waals surface area contributed by atoms with Crippen LogP contribution >= 0.6 is 0 Å². The maximum Gasteiger partial charge on any atom is 0.231 e. The summed E-state index contributed by atoms with van der Waals surface area (Å²) < 4.78 is 0. The Hall–Kier alpha value is -1.64. The van der Waals surface area contributed by atoms with Crippen molar-refractivity contribution in [3.05, 3.63) is 34.9 Å². The van der Waals surface area contributed by atoms with Gasteiger partial charge in [0.1, 0.15) is 0 Å². The van der Waals surface area contributed by atoms with E-state index in [1.54, 1.807) is 0 Å². The zero-order valence-electron chi connectivity index (χ0n) is 9.88. The van der Waals surface area contributed by atoms with Gasteiger partial charge in [-0.3, -0.25) is 9.59 Å². The molecule has 17 heavy (non-hydrogen) atoms. The number of fused-ring (bicyclic) bond motifs is 2. The average molecular weight is 229 g/mol. The normalized spacial score (nSPS) is 27.1. The number of benzene rings is 1. The van der Waals surface area contributed by atoms with Crippen molar-refractivity contribution in [2.45, 2.75) is 31.6 Å². The summed E-state index contributed by atoms with van der Waals surface area (Å²) in [7, 11) is 0. The third-order valence-electron chi connectivity index (χ3n) is 3.98. The lowest BCUT2D eigenvalue weighted by Crippen LogP contribution is -2.51. The van der Waals surface area contributed by atoms with Crippen LogP contribution in [0.2, 0.25) is 0 Å². The van der Waals surface area contributed by atoms with Crippen LogP contribution in [0.3, 0.4) is 0 Å². The molecule has 2 aliphatic rings. The number of Topliss-reactive ketones (excluding diaryl/α,β-unsaturated/α-hetero) is 1. The molecular formula is C14H15NO2. The zero-order chi connectivity index (χ0) is 12.0. The first-order valence-corrected chi connectivity index (χ1v) is 6.02. The van der Waals surface area contributed by atoms with Crippen molar-refractivity contribution in [1.29, 1.82) is 0 Å². The Balaban J connectivity index is 2.12. The highest BCUT2D eigenvalue weighted by Gasteiger charge is 2.48. The summed E-state index contributed by atoms with van der Waals surface area (Å²) in [4.78, 5) is 23.8. The number of ketones is 1. The Bertz CT molecular complexity index is 521. The number of hydrogen-bond donors (Lipinski definition) is 1. The molecule has 1 unspecified atom stereocenters. The molecule has 0 aromatic heterocycles. The highest BCUT2D eigenvalue weighted by molar-refractivity contribution is 6.01. The molecule has 1 aromatic rings. The van der Waals surface area contributed by atoms with Crippen molar-refractivity contribution in [2.24, 2.45) is 0 Å². The van der Waals surface area contributed by atoms with Gasteiger partial charge in [0.15, 0.2) is 5.78 Å². The van der Waals surface area contributed by atoms with Crippen molar-refractivity contribution in [1.82, 2.24) is 5.32 Å². The fourth-order valence-electron chi connectivity index (χ4n) is 3.13. The molecule has 3 nitrogen and oxygen atoms in total. The number of piperidine rings is 1. The Morgan fingerprint density at radius 3 is 2.94 bits per heavy atom. The molecule has 1 heterocycles. The fourth-order valence-corrected chi connectivity index (χ4v) is 3.13. The molecule has 1 atom stereocenters. The molecule has 1 aliphatic carbocycles. The Labute approximate surface area is 100 Å². The van der Waals surface area contributed by atoms with Crippen molar-refractivity contribution >= 4 is 11.7 Å². The highest BCUT2D eigenvalue weighted by atomic mass is 16.2. The molecule has 3 rings (SSSR count). The summed E-state index contributed by atoms with van der Waals surface area (Å²) >= 11 is 0. The number of aryl methyl sites for hydroxylation is 2. The van der Waals surface area contributed by atoms with E-state index in [2.05, 4.69) is 18.3 Å². The van der Waals surface area contributed by atoms with E-state index in [0.29, 0.717) is 6.42 Å². The van der Waals surface area contributed by atoms with E-state index in [1.165, 1.54) is 11.1 Å². The molecular weight excluding hydrogens is 214 g/mol. The van der Waals surface area contributed by atoms with Crippen LogP contribution in [0.5, 0.6) is 0 Å². The average Bonchev–Trinajstić information content (AvgIpc) is 2.64. The first-order chi connectivity index (χ1) is 8.12. The SMILES string of the molecule is Cc1ccc2c(c1)CCC21CC(=O)CNC1=O. The second-order valence-corrected chi connectivity index (χ2v) is 5.14. The molecule has 0 saturated carbocycles. The van der Waals surface area contributed by atoms with Gasteiger partial charge in [-0.25, -0.2) is 0 Å². The third-order valence-corrected chi connectivity index (χ3v) is 3.98. The second kappa shape index (κ2) is 3.42. The molecule has 0 bridgehead atoms. The summed E-state index contributed by atoms with van der Waals surface area (Å²) in [5.74, 6) is 0.165. The highest BCUT2D eigenvalue weighted by Crippen LogP contribution is 2.43. The van der Waals surface area contributed by atoms with Gasteiger partial charge in [0, 0.05) is 6.42 Å². The summed E-state index contributed by atoms with van der Waals surface area (Å²) in [6, 6.07) is 6.19. The predicted molar refractivity (Wildman–Crippen MR) is 63.8 cm³/mol. The lowest BCUT2D eigenvalue weighted by molar-refractivity contribution is -0.136. The van der Waals surface area contributed by atoms with Gasteiger partial charge >= 0.3 is 0 Å². The van der Waals surface area contributed by atoms with Crippen LogP contribution in [-0.2, 0) is 21.4 Å². The molecule has 1 N–H and O–H groups in total. The van der Waals surface area contributed by atoms with Gasteiger partial charge in [0.2, 0.25) is 5.91 Å². The Morgan fingerprint density at radius 1 is 1.29 bits per heavy atom. The van der Waals surface area contributed by atoms with Crippen LogP contribution in [0, 0.1) is 6.92 Å². The molecule has 88 valence electrons. The van der Waals surface area contributed by atoms with Crippen molar-refractivity contribution in [3.63, 3.8) is 0 Å². The standard InChI is InChI=1S/C14H15NO2/c1-9-2-3-12-10(6-9)4-5-14(12)7-11(16)8-15-13(14)17/h2-3,6H,4-5,7-8H2,1H3,(H,15,17). The number of amides is 1. The minimum absolute atomic E-state index is 0.0275. The van der Waals surface area contributed by atoms with Crippen molar-refractivity contribution in [3.8, 4) is 0 Å². The number of hydrogen-bond acceptors (Lipinski definition) is 2. The number of nitrogens with one attached hydrogen (secondary N) is 1. The summed E-state index contributed by atoms with van der Waals surface area (Å²) in [5.41, 5.74) is 2.94. The van der Waals surface area contributed by atoms with E-state index in [9.17, 15) is 9.59 Å². The molecule has 1 amide bonds. The van der Waals surface area contributed by atoms with E-state index in [-0.39, 0.29) is 18.2 Å². The van der Waals surface area contributed by atoms with Gasteiger partial charge in [-0.05, 0) is 30.9 Å². The third kappa shape index (κ3) is 1.42. The number of carbonyl (C=O) groups is 2. The van der Waals surface area contributed by atoms with Crippen LogP contribution in [0.25, 0.3) is 0 Å². The molecule has 0 radical (unpaired) electrons. The van der Waals surface area contributed by atoms with Crippen LogP contribution in [-0.4, -0.2) is 18.2 Å². The van der Waals surface area contributed by atoms with Gasteiger partial charge in [-0.2, -0.15) is 0 Å². The van der Waals surface area contributed by atoms with E-state index in [1.807, 2.05) is 12.1 Å².